The molecule has 1 N–H and O–H groups in total. The van der Waals surface area contributed by atoms with Gasteiger partial charge in [0, 0.05) is 24.5 Å². The number of nitrogens with one attached hydrogen (secondary N) is 1. The maximum Gasteiger partial charge on any atom is 0.295 e. The van der Waals surface area contributed by atoms with E-state index in [4.69, 9.17) is 0 Å². The number of hydrogen-bond acceptors (Lipinski definition) is 4. The molecule has 0 spiro atoms. The summed E-state index contributed by atoms with van der Waals surface area (Å²) >= 11 is 0. The predicted octanol–water partition coefficient (Wildman–Crippen LogP) is 3.85. The zero-order valence-electron chi connectivity index (χ0n) is 16.5. The van der Waals surface area contributed by atoms with Crippen LogP contribution in [0.2, 0.25) is 0 Å². The highest BCUT2D eigenvalue weighted by Crippen LogP contribution is 2.42. The number of benzene rings is 2. The molecule has 5 rings (SSSR count). The molecule has 6 nitrogen and oxygen atoms in total. The van der Waals surface area contributed by atoms with Crippen molar-refractivity contribution in [3.8, 4) is 0 Å². The molecule has 0 aliphatic carbocycles. The summed E-state index contributed by atoms with van der Waals surface area (Å²) in [6, 6.07) is 13.8. The van der Waals surface area contributed by atoms with Crippen molar-refractivity contribution >= 4 is 34.1 Å². The van der Waals surface area contributed by atoms with Crippen LogP contribution in [0.4, 0.5) is 11.4 Å². The molecule has 3 aromatic rings. The molecular weight excluding hydrogens is 364 g/mol. The summed E-state index contributed by atoms with van der Waals surface area (Å²) in [5.41, 5.74) is 4.63. The Balaban J connectivity index is 1.55. The quantitative estimate of drug-likeness (QED) is 0.690. The molecule has 2 atom stereocenters. The largest absolute Gasteiger partial charge is 0.372 e. The number of nitrogens with zero attached hydrogens (tertiary/aromatic N) is 3. The van der Waals surface area contributed by atoms with Gasteiger partial charge in [-0.05, 0) is 55.2 Å². The minimum Gasteiger partial charge on any atom is -0.372 e. The molecule has 1 amide bonds. The Labute approximate surface area is 169 Å². The van der Waals surface area contributed by atoms with Gasteiger partial charge in [-0.1, -0.05) is 19.1 Å². The van der Waals surface area contributed by atoms with Crippen molar-refractivity contribution in [2.75, 3.05) is 22.9 Å². The zero-order chi connectivity index (χ0) is 20.0. The van der Waals surface area contributed by atoms with Crippen LogP contribution in [-0.4, -0.2) is 34.7 Å². The van der Waals surface area contributed by atoms with Crippen LogP contribution in [-0.2, 0) is 9.59 Å². The molecule has 2 aliphatic heterocycles. The van der Waals surface area contributed by atoms with Gasteiger partial charge in [-0.15, -0.1) is 0 Å². The van der Waals surface area contributed by atoms with E-state index >= 15 is 0 Å². The number of fused-ring (bicyclic) bond motifs is 1. The zero-order valence-corrected chi connectivity index (χ0v) is 16.5. The highest BCUT2D eigenvalue weighted by molar-refractivity contribution is 6.45. The lowest BCUT2D eigenvalue weighted by Crippen LogP contribution is -2.29. The number of Topliss-reactive ketones (excluding diaryl/α,β-unsaturated/α-hetero) is 1. The fourth-order valence-corrected chi connectivity index (χ4v) is 4.73. The molecule has 2 aromatic carbocycles. The maximum atomic E-state index is 13.0. The summed E-state index contributed by atoms with van der Waals surface area (Å²) in [7, 11) is 0. The number of anilines is 2. The van der Waals surface area contributed by atoms with E-state index in [1.165, 1.54) is 18.5 Å². The first-order valence-electron chi connectivity index (χ1n) is 10.3. The van der Waals surface area contributed by atoms with Crippen molar-refractivity contribution in [3.05, 3.63) is 54.4 Å². The van der Waals surface area contributed by atoms with E-state index in [1.54, 1.807) is 11.2 Å². The number of rotatable bonds is 4. The average Bonchev–Trinajstić information content (AvgIpc) is 3.48. The van der Waals surface area contributed by atoms with Crippen LogP contribution in [0.1, 0.15) is 37.8 Å². The Morgan fingerprint density at radius 1 is 1.03 bits per heavy atom. The first kappa shape index (κ1) is 17.9. The minimum absolute atomic E-state index is 0.284. The summed E-state index contributed by atoms with van der Waals surface area (Å²) in [5, 5.41) is 0. The maximum absolute atomic E-state index is 13.0. The standard InChI is InChI=1S/C23H24N4O2/c1-2-18-21(15-5-7-16(8-6-15)26-11-3-4-12-26)27(23(29)22(18)28)17-9-10-19-20(13-17)25-14-24-19/h5-10,13-14,18,21H,2-4,11-12H2,1H3,(H,24,25). The molecule has 1 aromatic heterocycles. The van der Waals surface area contributed by atoms with Crippen LogP contribution >= 0.6 is 0 Å². The van der Waals surface area contributed by atoms with Gasteiger partial charge < -0.3 is 9.88 Å². The van der Waals surface area contributed by atoms with Gasteiger partial charge in [-0.25, -0.2) is 4.98 Å². The summed E-state index contributed by atoms with van der Waals surface area (Å²) in [5.74, 6) is -1.06. The van der Waals surface area contributed by atoms with Crippen molar-refractivity contribution in [1.29, 1.82) is 0 Å². The Morgan fingerprint density at radius 2 is 1.76 bits per heavy atom. The average molecular weight is 388 g/mol. The molecule has 2 saturated heterocycles. The van der Waals surface area contributed by atoms with E-state index < -0.39 is 5.91 Å². The molecule has 3 heterocycles. The number of carbonyl (C=O) groups is 2. The first-order chi connectivity index (χ1) is 14.2. The lowest BCUT2D eigenvalue weighted by Gasteiger charge is -2.28. The highest BCUT2D eigenvalue weighted by Gasteiger charge is 2.47. The SMILES string of the molecule is CCC1C(=O)C(=O)N(c2ccc3nc[nH]c3c2)C1c1ccc(N2CCCC2)cc1. The molecular formula is C23H24N4O2. The van der Waals surface area contributed by atoms with Gasteiger partial charge in [0.05, 0.1) is 29.3 Å². The Bertz CT molecular complexity index is 1070. The summed E-state index contributed by atoms with van der Waals surface area (Å²) < 4.78 is 0. The first-order valence-corrected chi connectivity index (χ1v) is 10.3. The Kier molecular flexibility index (Phi) is 4.34. The normalized spacial score (nSPS) is 22.2. The van der Waals surface area contributed by atoms with Crippen LogP contribution in [0, 0.1) is 5.92 Å². The second-order valence-electron chi connectivity index (χ2n) is 7.89. The Hall–Kier alpha value is -3.15. The van der Waals surface area contributed by atoms with Crippen molar-refractivity contribution in [2.24, 2.45) is 5.92 Å². The minimum atomic E-state index is -0.427. The predicted molar refractivity (Wildman–Crippen MR) is 113 cm³/mol. The van der Waals surface area contributed by atoms with E-state index in [-0.39, 0.29) is 17.7 Å². The monoisotopic (exact) mass is 388 g/mol. The van der Waals surface area contributed by atoms with Crippen LogP contribution in [0.25, 0.3) is 11.0 Å². The van der Waals surface area contributed by atoms with Crippen LogP contribution in [0.5, 0.6) is 0 Å². The molecule has 0 bridgehead atoms. The number of imidazole rings is 1. The molecule has 29 heavy (non-hydrogen) atoms. The van der Waals surface area contributed by atoms with Crippen molar-refractivity contribution < 1.29 is 9.59 Å². The third-order valence-electron chi connectivity index (χ3n) is 6.25. The molecule has 2 fully saturated rings. The fraction of sp³-hybridized carbons (Fsp3) is 0.348. The summed E-state index contributed by atoms with van der Waals surface area (Å²) in [4.78, 5) is 37.1. The Morgan fingerprint density at radius 3 is 2.48 bits per heavy atom. The van der Waals surface area contributed by atoms with Gasteiger partial charge in [0.2, 0.25) is 5.78 Å². The van der Waals surface area contributed by atoms with Crippen LogP contribution in [0.3, 0.4) is 0 Å². The van der Waals surface area contributed by atoms with Gasteiger partial charge in [-0.2, -0.15) is 0 Å². The van der Waals surface area contributed by atoms with E-state index in [2.05, 4.69) is 39.1 Å². The van der Waals surface area contributed by atoms with Gasteiger partial charge in [0.15, 0.2) is 0 Å². The smallest absolute Gasteiger partial charge is 0.295 e. The molecule has 148 valence electrons. The van der Waals surface area contributed by atoms with E-state index in [0.29, 0.717) is 6.42 Å². The molecule has 0 radical (unpaired) electrons. The van der Waals surface area contributed by atoms with Gasteiger partial charge in [0.25, 0.3) is 5.91 Å². The lowest BCUT2D eigenvalue weighted by atomic mass is 9.90. The molecule has 6 heteroatoms. The third-order valence-corrected chi connectivity index (χ3v) is 6.25. The van der Waals surface area contributed by atoms with Gasteiger partial charge in [0.1, 0.15) is 0 Å². The summed E-state index contributed by atoms with van der Waals surface area (Å²) in [6.45, 7) is 4.16. The van der Waals surface area contributed by atoms with Crippen LogP contribution in [0.15, 0.2) is 48.8 Å². The number of ketones is 1. The van der Waals surface area contributed by atoms with Crippen molar-refractivity contribution in [2.45, 2.75) is 32.2 Å². The molecule has 2 aliphatic rings. The van der Waals surface area contributed by atoms with Gasteiger partial charge >= 0.3 is 0 Å². The summed E-state index contributed by atoms with van der Waals surface area (Å²) in [6.07, 6.45) is 4.73. The topological polar surface area (TPSA) is 69.3 Å². The number of hydrogen-bond donors (Lipinski definition) is 1. The van der Waals surface area contributed by atoms with E-state index in [1.807, 2.05) is 25.1 Å². The number of aromatic nitrogens is 2. The van der Waals surface area contributed by atoms with Gasteiger partial charge in [-0.3, -0.25) is 14.5 Å². The number of amides is 1. The van der Waals surface area contributed by atoms with Crippen LogP contribution < -0.4 is 9.80 Å². The van der Waals surface area contributed by atoms with E-state index in [0.717, 1.165) is 35.4 Å². The third kappa shape index (κ3) is 2.90. The van der Waals surface area contributed by atoms with Crippen molar-refractivity contribution in [1.82, 2.24) is 9.97 Å². The van der Waals surface area contributed by atoms with Crippen molar-refractivity contribution in [3.63, 3.8) is 0 Å². The number of H-pyrrole nitrogens is 1. The fourth-order valence-electron chi connectivity index (χ4n) is 4.73. The molecule has 0 saturated carbocycles. The number of aromatic amines is 1. The second-order valence-corrected chi connectivity index (χ2v) is 7.89. The number of carbonyl (C=O) groups excluding carboxylic acids is 2. The van der Waals surface area contributed by atoms with E-state index in [9.17, 15) is 9.59 Å². The molecule has 2 unspecified atom stereocenters. The lowest BCUT2D eigenvalue weighted by molar-refractivity contribution is -0.135. The second kappa shape index (κ2) is 7.03. The highest BCUT2D eigenvalue weighted by atomic mass is 16.2.